The van der Waals surface area contributed by atoms with E-state index in [-0.39, 0.29) is 27.8 Å². The van der Waals surface area contributed by atoms with Crippen molar-refractivity contribution in [2.75, 3.05) is 25.1 Å². The minimum atomic E-state index is -0.621. The van der Waals surface area contributed by atoms with Crippen LogP contribution in [-0.2, 0) is 14.3 Å². The van der Waals surface area contributed by atoms with E-state index >= 15 is 0 Å². The molecule has 0 spiro atoms. The highest BCUT2D eigenvalue weighted by molar-refractivity contribution is 8.18. The fourth-order valence-corrected chi connectivity index (χ4v) is 4.39. The molecule has 3 rings (SSSR count). The van der Waals surface area contributed by atoms with E-state index in [1.54, 1.807) is 18.2 Å². The van der Waals surface area contributed by atoms with E-state index in [1.165, 1.54) is 24.3 Å². The number of carbonyl (C=O) groups is 4. The number of halogens is 2. The molecule has 3 amide bonds. The number of hydrogen-bond donors (Lipinski definition) is 1. The molecule has 1 saturated heterocycles. The van der Waals surface area contributed by atoms with E-state index in [0.29, 0.717) is 34.7 Å². The SMILES string of the molecule is CCCCOC(=O)c1cc(NC(=O)CN2C(=O)S/C(=C/c3cc(Cl)ccc3OCC)C2=O)ccc1Cl. The molecule has 0 saturated carbocycles. The summed E-state index contributed by atoms with van der Waals surface area (Å²) in [6, 6.07) is 9.31. The number of benzene rings is 2. The lowest BCUT2D eigenvalue weighted by Crippen LogP contribution is -2.36. The predicted octanol–water partition coefficient (Wildman–Crippen LogP) is 6.02. The van der Waals surface area contributed by atoms with Crippen LogP contribution in [0, 0.1) is 0 Å². The summed E-state index contributed by atoms with van der Waals surface area (Å²) in [6.07, 6.45) is 3.10. The second-order valence-corrected chi connectivity index (χ2v) is 9.45. The zero-order chi connectivity index (χ0) is 26.2. The Bertz CT molecular complexity index is 1220. The van der Waals surface area contributed by atoms with E-state index < -0.39 is 29.6 Å². The largest absolute Gasteiger partial charge is 0.493 e. The second kappa shape index (κ2) is 12.8. The van der Waals surface area contributed by atoms with Gasteiger partial charge in [-0.2, -0.15) is 0 Å². The molecule has 1 N–H and O–H groups in total. The Labute approximate surface area is 222 Å². The van der Waals surface area contributed by atoms with Gasteiger partial charge in [-0.3, -0.25) is 19.3 Å². The molecule has 0 aliphatic carbocycles. The highest BCUT2D eigenvalue weighted by atomic mass is 35.5. The average molecular weight is 551 g/mol. The number of thioether (sulfide) groups is 1. The van der Waals surface area contributed by atoms with Crippen LogP contribution in [0.1, 0.15) is 42.6 Å². The minimum absolute atomic E-state index is 0.103. The molecule has 11 heteroatoms. The molecule has 1 aliphatic heterocycles. The summed E-state index contributed by atoms with van der Waals surface area (Å²) in [5.41, 5.74) is 0.916. The van der Waals surface area contributed by atoms with E-state index in [4.69, 9.17) is 32.7 Å². The van der Waals surface area contributed by atoms with Crippen LogP contribution in [0.4, 0.5) is 10.5 Å². The van der Waals surface area contributed by atoms with E-state index in [1.807, 2.05) is 13.8 Å². The third kappa shape index (κ3) is 7.02. The van der Waals surface area contributed by atoms with Gasteiger partial charge in [0.1, 0.15) is 12.3 Å². The van der Waals surface area contributed by atoms with E-state index in [2.05, 4.69) is 5.32 Å². The summed E-state index contributed by atoms with van der Waals surface area (Å²) in [5.74, 6) is -1.32. The van der Waals surface area contributed by atoms with Gasteiger partial charge >= 0.3 is 5.97 Å². The zero-order valence-electron chi connectivity index (χ0n) is 19.6. The lowest BCUT2D eigenvalue weighted by molar-refractivity contribution is -0.127. The maximum absolute atomic E-state index is 12.9. The molecular formula is C25H24Cl2N2O6S. The molecule has 2 aromatic rings. The number of nitrogens with zero attached hydrogens (tertiary/aromatic N) is 1. The Morgan fingerprint density at radius 2 is 1.89 bits per heavy atom. The summed E-state index contributed by atoms with van der Waals surface area (Å²) in [6.45, 7) is 3.96. The summed E-state index contributed by atoms with van der Waals surface area (Å²) in [7, 11) is 0. The first-order chi connectivity index (χ1) is 17.2. The Morgan fingerprint density at radius 1 is 1.11 bits per heavy atom. The normalized spacial score (nSPS) is 14.3. The maximum Gasteiger partial charge on any atom is 0.339 e. The molecule has 0 bridgehead atoms. The number of rotatable bonds is 10. The van der Waals surface area contributed by atoms with E-state index in [0.717, 1.165) is 17.7 Å². The van der Waals surface area contributed by atoms with Gasteiger partial charge in [-0.25, -0.2) is 4.79 Å². The standard InChI is InChI=1S/C25H24Cl2N2O6S/c1-3-5-10-35-24(32)18-13-17(7-8-19(18)27)28-22(30)14-29-23(31)21(36-25(29)33)12-15-11-16(26)6-9-20(15)34-4-2/h6-9,11-13H,3-5,10,14H2,1-2H3,(H,28,30)/b21-12+. The number of unbranched alkanes of at least 4 members (excludes halogenated alkanes) is 1. The fraction of sp³-hybridized carbons (Fsp3) is 0.280. The lowest BCUT2D eigenvalue weighted by Gasteiger charge is -2.13. The molecule has 0 aromatic heterocycles. The third-order valence-corrected chi connectivity index (χ3v) is 6.41. The summed E-state index contributed by atoms with van der Waals surface area (Å²) in [4.78, 5) is 51.2. The molecule has 190 valence electrons. The zero-order valence-corrected chi connectivity index (χ0v) is 22.0. The first kappa shape index (κ1) is 27.6. The average Bonchev–Trinajstić information content (AvgIpc) is 3.09. The summed E-state index contributed by atoms with van der Waals surface area (Å²) in [5, 5.41) is 2.62. The van der Waals surface area contributed by atoms with Gasteiger partial charge in [0.05, 0.1) is 28.7 Å². The smallest absolute Gasteiger partial charge is 0.339 e. The summed E-state index contributed by atoms with van der Waals surface area (Å²) < 4.78 is 10.7. The first-order valence-corrected chi connectivity index (χ1v) is 12.7. The van der Waals surface area contributed by atoms with Crippen LogP contribution < -0.4 is 10.1 Å². The molecule has 2 aromatic carbocycles. The minimum Gasteiger partial charge on any atom is -0.493 e. The molecule has 1 heterocycles. The van der Waals surface area contributed by atoms with Crippen molar-refractivity contribution in [2.45, 2.75) is 26.7 Å². The van der Waals surface area contributed by atoms with Crippen LogP contribution >= 0.6 is 35.0 Å². The highest BCUT2D eigenvalue weighted by Crippen LogP contribution is 2.35. The summed E-state index contributed by atoms with van der Waals surface area (Å²) >= 11 is 12.9. The van der Waals surface area contributed by atoms with Crippen LogP contribution in [0.25, 0.3) is 6.08 Å². The van der Waals surface area contributed by atoms with Crippen molar-refractivity contribution in [3.63, 3.8) is 0 Å². The maximum atomic E-state index is 12.9. The van der Waals surface area contributed by atoms with E-state index in [9.17, 15) is 19.2 Å². The number of esters is 1. The molecular weight excluding hydrogens is 527 g/mol. The Balaban J connectivity index is 1.70. The molecule has 1 fully saturated rings. The number of ether oxygens (including phenoxy) is 2. The van der Waals surface area contributed by atoms with Crippen LogP contribution in [0.2, 0.25) is 10.0 Å². The molecule has 1 aliphatic rings. The van der Waals surface area contributed by atoms with Crippen molar-refractivity contribution >= 4 is 69.8 Å². The van der Waals surface area contributed by atoms with Crippen molar-refractivity contribution in [3.05, 3.63) is 62.5 Å². The lowest BCUT2D eigenvalue weighted by atomic mass is 10.2. The van der Waals surface area contributed by atoms with Gasteiger partial charge in [-0.15, -0.1) is 0 Å². The Hall–Kier alpha value is -3.01. The molecule has 36 heavy (non-hydrogen) atoms. The fourth-order valence-electron chi connectivity index (χ4n) is 3.19. The van der Waals surface area contributed by atoms with Gasteiger partial charge in [0.2, 0.25) is 5.91 Å². The van der Waals surface area contributed by atoms with Crippen molar-refractivity contribution in [1.82, 2.24) is 4.90 Å². The van der Waals surface area contributed by atoms with Crippen LogP contribution in [-0.4, -0.2) is 47.7 Å². The number of anilines is 1. The van der Waals surface area contributed by atoms with Gasteiger partial charge in [-0.1, -0.05) is 36.5 Å². The predicted molar refractivity (Wildman–Crippen MR) is 141 cm³/mol. The van der Waals surface area contributed by atoms with Gasteiger partial charge in [-0.05, 0) is 67.6 Å². The number of hydrogen-bond acceptors (Lipinski definition) is 7. The monoisotopic (exact) mass is 550 g/mol. The van der Waals surface area contributed by atoms with Crippen LogP contribution in [0.5, 0.6) is 5.75 Å². The second-order valence-electron chi connectivity index (χ2n) is 7.62. The number of nitrogens with one attached hydrogen (secondary N) is 1. The van der Waals surface area contributed by atoms with Gasteiger partial charge < -0.3 is 14.8 Å². The molecule has 0 atom stereocenters. The van der Waals surface area contributed by atoms with Gasteiger partial charge in [0.25, 0.3) is 11.1 Å². The number of imide groups is 1. The molecule has 0 radical (unpaired) electrons. The van der Waals surface area contributed by atoms with Crippen molar-refractivity contribution in [2.24, 2.45) is 0 Å². The third-order valence-electron chi connectivity index (χ3n) is 4.93. The number of amides is 3. The molecule has 8 nitrogen and oxygen atoms in total. The van der Waals surface area contributed by atoms with Gasteiger partial charge in [0, 0.05) is 16.3 Å². The topological polar surface area (TPSA) is 102 Å². The Kier molecular flexibility index (Phi) is 9.81. The molecule has 0 unspecified atom stereocenters. The quantitative estimate of drug-likeness (QED) is 0.219. The van der Waals surface area contributed by atoms with Crippen LogP contribution in [0.3, 0.4) is 0 Å². The van der Waals surface area contributed by atoms with Crippen molar-refractivity contribution < 1.29 is 28.7 Å². The highest BCUT2D eigenvalue weighted by Gasteiger charge is 2.36. The number of carbonyl (C=O) groups excluding carboxylic acids is 4. The van der Waals surface area contributed by atoms with Crippen molar-refractivity contribution in [1.29, 1.82) is 0 Å². The van der Waals surface area contributed by atoms with Crippen molar-refractivity contribution in [3.8, 4) is 5.75 Å². The van der Waals surface area contributed by atoms with Crippen LogP contribution in [0.15, 0.2) is 41.3 Å². The van der Waals surface area contributed by atoms with Gasteiger partial charge in [0.15, 0.2) is 0 Å². The Morgan fingerprint density at radius 3 is 2.61 bits per heavy atom. The first-order valence-electron chi connectivity index (χ1n) is 11.2.